The smallest absolute Gasteiger partial charge is 0.274 e. The number of ether oxygens (including phenoxy) is 1. The van der Waals surface area contributed by atoms with Crippen LogP contribution in [0.2, 0.25) is 0 Å². The van der Waals surface area contributed by atoms with Crippen molar-refractivity contribution in [2.45, 2.75) is 51.5 Å². The summed E-state index contributed by atoms with van der Waals surface area (Å²) in [6.45, 7) is 6.29. The quantitative estimate of drug-likeness (QED) is 0.725. The van der Waals surface area contributed by atoms with Gasteiger partial charge in [0.05, 0.1) is 17.2 Å². The molecule has 152 valence electrons. The van der Waals surface area contributed by atoms with Crippen LogP contribution < -0.4 is 5.56 Å². The fourth-order valence-corrected chi connectivity index (χ4v) is 4.81. The molecule has 2 aliphatic heterocycles. The first-order valence-corrected chi connectivity index (χ1v) is 10.5. The first-order chi connectivity index (χ1) is 14.0. The molecule has 1 N–H and O–H groups in total. The number of carbonyl (C=O) groups is 1. The molecule has 2 fully saturated rings. The molecule has 0 saturated carbocycles. The first-order valence-electron chi connectivity index (χ1n) is 10.5. The standard InChI is InChI=1S/C22H26N4O3/c1-13-10-18-17(11-16(13)22(28)25-7-3-4-14(25)2)24-21(27)19-12-23-20(26(18)19)15-5-8-29-9-6-15/h10-12,14-15H,3-9H2,1-2H3,(H,24,27)/t14-/m0/s1. The Morgan fingerprint density at radius 1 is 1.21 bits per heavy atom. The molecule has 0 bridgehead atoms. The number of nitrogens with zero attached hydrogens (tertiary/aromatic N) is 3. The van der Waals surface area contributed by atoms with Crippen LogP contribution in [0, 0.1) is 6.92 Å². The van der Waals surface area contributed by atoms with Gasteiger partial charge in [-0.15, -0.1) is 0 Å². The average Bonchev–Trinajstić information content (AvgIpc) is 3.35. The van der Waals surface area contributed by atoms with Crippen molar-refractivity contribution in [1.29, 1.82) is 0 Å². The summed E-state index contributed by atoms with van der Waals surface area (Å²) in [5, 5.41) is 0. The number of fused-ring (bicyclic) bond motifs is 3. The summed E-state index contributed by atoms with van der Waals surface area (Å²) in [7, 11) is 0. The van der Waals surface area contributed by atoms with E-state index in [1.54, 1.807) is 6.20 Å². The predicted molar refractivity (Wildman–Crippen MR) is 111 cm³/mol. The van der Waals surface area contributed by atoms with Crippen LogP contribution >= 0.6 is 0 Å². The van der Waals surface area contributed by atoms with E-state index >= 15 is 0 Å². The molecule has 1 amide bonds. The zero-order valence-corrected chi connectivity index (χ0v) is 16.9. The van der Waals surface area contributed by atoms with Gasteiger partial charge < -0.3 is 14.6 Å². The van der Waals surface area contributed by atoms with Gasteiger partial charge in [-0.1, -0.05) is 0 Å². The molecule has 1 atom stereocenters. The van der Waals surface area contributed by atoms with Crippen molar-refractivity contribution in [3.63, 3.8) is 0 Å². The molecule has 2 saturated heterocycles. The molecule has 7 nitrogen and oxygen atoms in total. The lowest BCUT2D eigenvalue weighted by Crippen LogP contribution is -2.34. The van der Waals surface area contributed by atoms with E-state index in [1.807, 2.05) is 28.4 Å². The van der Waals surface area contributed by atoms with E-state index in [4.69, 9.17) is 4.74 Å². The highest BCUT2D eigenvalue weighted by Gasteiger charge is 2.28. The number of aryl methyl sites for hydroxylation is 1. The summed E-state index contributed by atoms with van der Waals surface area (Å²) in [4.78, 5) is 35.4. The van der Waals surface area contributed by atoms with Crippen molar-refractivity contribution < 1.29 is 9.53 Å². The monoisotopic (exact) mass is 394 g/mol. The van der Waals surface area contributed by atoms with Crippen LogP contribution in [0.4, 0.5) is 0 Å². The second kappa shape index (κ2) is 6.99. The van der Waals surface area contributed by atoms with E-state index in [0.29, 0.717) is 29.8 Å². The van der Waals surface area contributed by atoms with Gasteiger partial charge in [0.2, 0.25) is 0 Å². The number of nitrogens with one attached hydrogen (secondary N) is 1. The van der Waals surface area contributed by atoms with Gasteiger partial charge in [0.25, 0.3) is 11.5 Å². The van der Waals surface area contributed by atoms with Crippen molar-refractivity contribution in [1.82, 2.24) is 19.3 Å². The topological polar surface area (TPSA) is 79.7 Å². The van der Waals surface area contributed by atoms with Crippen molar-refractivity contribution in [3.8, 4) is 0 Å². The van der Waals surface area contributed by atoms with Gasteiger partial charge in [0.1, 0.15) is 11.3 Å². The molecule has 2 aliphatic rings. The van der Waals surface area contributed by atoms with E-state index in [2.05, 4.69) is 16.9 Å². The van der Waals surface area contributed by atoms with Crippen LogP contribution in [0.3, 0.4) is 0 Å². The van der Waals surface area contributed by atoms with Gasteiger partial charge in [0, 0.05) is 37.3 Å². The summed E-state index contributed by atoms with van der Waals surface area (Å²) in [6, 6.07) is 4.11. The minimum atomic E-state index is -0.180. The fourth-order valence-electron chi connectivity index (χ4n) is 4.81. The summed E-state index contributed by atoms with van der Waals surface area (Å²) in [6.07, 6.45) is 5.54. The van der Waals surface area contributed by atoms with Crippen LogP contribution in [-0.2, 0) is 4.74 Å². The summed E-state index contributed by atoms with van der Waals surface area (Å²) < 4.78 is 7.47. The second-order valence-corrected chi connectivity index (χ2v) is 8.35. The maximum absolute atomic E-state index is 13.1. The molecule has 7 heteroatoms. The summed E-state index contributed by atoms with van der Waals surface area (Å²) in [5.41, 5.74) is 3.51. The lowest BCUT2D eigenvalue weighted by molar-refractivity contribution is 0.0747. The second-order valence-electron chi connectivity index (χ2n) is 8.35. The lowest BCUT2D eigenvalue weighted by atomic mass is 9.99. The van der Waals surface area contributed by atoms with Crippen LogP contribution in [0.25, 0.3) is 16.6 Å². The minimum Gasteiger partial charge on any atom is -0.381 e. The van der Waals surface area contributed by atoms with E-state index in [-0.39, 0.29) is 23.4 Å². The van der Waals surface area contributed by atoms with Crippen LogP contribution in [0.15, 0.2) is 23.1 Å². The molecule has 0 aliphatic carbocycles. The lowest BCUT2D eigenvalue weighted by Gasteiger charge is -2.23. The number of hydrogen-bond acceptors (Lipinski definition) is 4. The molecule has 0 radical (unpaired) electrons. The largest absolute Gasteiger partial charge is 0.381 e. The van der Waals surface area contributed by atoms with Crippen LogP contribution in [0.1, 0.15) is 60.3 Å². The Hall–Kier alpha value is -2.67. The van der Waals surface area contributed by atoms with Crippen molar-refractivity contribution in [2.24, 2.45) is 0 Å². The van der Waals surface area contributed by atoms with Gasteiger partial charge in [-0.2, -0.15) is 0 Å². The number of benzene rings is 1. The molecule has 29 heavy (non-hydrogen) atoms. The molecular formula is C22H26N4O3. The normalized spacial score (nSPS) is 20.8. The van der Waals surface area contributed by atoms with Gasteiger partial charge in [-0.05, 0) is 57.2 Å². The highest BCUT2D eigenvalue weighted by Crippen LogP contribution is 2.29. The minimum absolute atomic E-state index is 0.0469. The zero-order chi connectivity index (χ0) is 20.1. The Morgan fingerprint density at radius 3 is 2.72 bits per heavy atom. The Balaban J connectivity index is 1.68. The van der Waals surface area contributed by atoms with Gasteiger partial charge in [-0.3, -0.25) is 14.0 Å². The van der Waals surface area contributed by atoms with E-state index in [1.165, 1.54) is 0 Å². The first kappa shape index (κ1) is 18.4. The molecule has 2 aromatic heterocycles. The molecule has 5 rings (SSSR count). The van der Waals surface area contributed by atoms with Gasteiger partial charge in [0.15, 0.2) is 0 Å². The molecule has 0 unspecified atom stereocenters. The molecule has 0 spiro atoms. The number of rotatable bonds is 2. The van der Waals surface area contributed by atoms with E-state index in [0.717, 1.165) is 49.1 Å². The number of amides is 1. The van der Waals surface area contributed by atoms with Gasteiger partial charge in [-0.25, -0.2) is 4.98 Å². The third-order valence-electron chi connectivity index (χ3n) is 6.48. The molecule has 1 aromatic carbocycles. The molecule has 4 heterocycles. The summed E-state index contributed by atoms with van der Waals surface area (Å²) >= 11 is 0. The number of hydrogen-bond donors (Lipinski definition) is 1. The Kier molecular flexibility index (Phi) is 4.42. The predicted octanol–water partition coefficient (Wildman–Crippen LogP) is 3.00. The number of carbonyl (C=O) groups excluding carboxylic acids is 1. The third-order valence-corrected chi connectivity index (χ3v) is 6.48. The number of imidazole rings is 1. The van der Waals surface area contributed by atoms with Gasteiger partial charge >= 0.3 is 0 Å². The molecular weight excluding hydrogens is 368 g/mol. The SMILES string of the molecule is Cc1cc2c(cc1C(=O)N1CCC[C@@H]1C)[nH]c(=O)c1cnc(C3CCOCC3)n12. The van der Waals surface area contributed by atoms with E-state index in [9.17, 15) is 9.59 Å². The number of aromatic nitrogens is 3. The maximum atomic E-state index is 13.1. The van der Waals surface area contributed by atoms with Crippen LogP contribution in [-0.4, -0.2) is 51.0 Å². The number of likely N-dealkylation sites (tertiary alicyclic amines) is 1. The van der Waals surface area contributed by atoms with Crippen molar-refractivity contribution >= 4 is 22.5 Å². The molecule has 3 aromatic rings. The Bertz CT molecular complexity index is 1160. The highest BCUT2D eigenvalue weighted by molar-refractivity contribution is 5.99. The Morgan fingerprint density at radius 2 is 2.00 bits per heavy atom. The maximum Gasteiger partial charge on any atom is 0.274 e. The number of H-pyrrole nitrogens is 1. The van der Waals surface area contributed by atoms with Crippen LogP contribution in [0.5, 0.6) is 0 Å². The highest BCUT2D eigenvalue weighted by atomic mass is 16.5. The zero-order valence-electron chi connectivity index (χ0n) is 16.9. The Labute approximate surface area is 168 Å². The fraction of sp³-hybridized carbons (Fsp3) is 0.500. The number of aromatic amines is 1. The third kappa shape index (κ3) is 2.95. The van der Waals surface area contributed by atoms with Crippen molar-refractivity contribution in [3.05, 3.63) is 45.6 Å². The summed E-state index contributed by atoms with van der Waals surface area (Å²) in [5.74, 6) is 1.22. The average molecular weight is 394 g/mol. The van der Waals surface area contributed by atoms with Crippen molar-refractivity contribution in [2.75, 3.05) is 19.8 Å². The van der Waals surface area contributed by atoms with E-state index < -0.39 is 0 Å².